The lowest BCUT2D eigenvalue weighted by atomic mass is 10.4. The average molecular weight is 331 g/mol. The minimum atomic E-state index is -3.65. The Morgan fingerprint density at radius 3 is 2.81 bits per heavy atom. The third-order valence-electron chi connectivity index (χ3n) is 2.59. The number of H-pyrrole nitrogens is 1. The fourth-order valence-electron chi connectivity index (χ4n) is 1.60. The van der Waals surface area contributed by atoms with Crippen molar-refractivity contribution >= 4 is 27.4 Å². The Balaban J connectivity index is 2.03. The monoisotopic (exact) mass is 330 g/mol. The minimum absolute atomic E-state index is 0.0201. The van der Waals surface area contributed by atoms with E-state index in [2.05, 4.69) is 30.2 Å². The van der Waals surface area contributed by atoms with E-state index in [1.807, 2.05) is 6.92 Å². The Hall–Kier alpha value is -1.71. The van der Waals surface area contributed by atoms with Gasteiger partial charge in [-0.05, 0) is 13.0 Å². The van der Waals surface area contributed by atoms with Crippen LogP contribution in [0.3, 0.4) is 0 Å². The molecule has 0 aliphatic heterocycles. The van der Waals surface area contributed by atoms with Crippen LogP contribution >= 0.6 is 11.6 Å². The molecule has 2 aromatic heterocycles. The summed E-state index contributed by atoms with van der Waals surface area (Å²) in [6.45, 7) is 2.74. The van der Waals surface area contributed by atoms with Gasteiger partial charge in [-0.2, -0.15) is 5.10 Å². The Labute approximate surface area is 127 Å². The zero-order valence-corrected chi connectivity index (χ0v) is 12.9. The van der Waals surface area contributed by atoms with Crippen LogP contribution in [0.15, 0.2) is 23.5 Å². The van der Waals surface area contributed by atoms with Gasteiger partial charge in [-0.15, -0.1) is 0 Å². The summed E-state index contributed by atoms with van der Waals surface area (Å²) < 4.78 is 26.7. The fraction of sp³-hybridized carbons (Fsp3) is 0.364. The highest BCUT2D eigenvalue weighted by Crippen LogP contribution is 2.22. The van der Waals surface area contributed by atoms with Crippen LogP contribution in [0.1, 0.15) is 12.7 Å². The minimum Gasteiger partial charge on any atom is -0.369 e. The van der Waals surface area contributed by atoms with Crippen molar-refractivity contribution in [2.75, 3.05) is 18.4 Å². The molecule has 0 saturated carbocycles. The predicted octanol–water partition coefficient (Wildman–Crippen LogP) is 0.806. The molecule has 0 amide bonds. The number of anilines is 1. The van der Waals surface area contributed by atoms with Gasteiger partial charge in [0.1, 0.15) is 22.9 Å². The molecule has 2 heterocycles. The molecule has 0 bridgehead atoms. The summed E-state index contributed by atoms with van der Waals surface area (Å²) >= 11 is 5.99. The van der Waals surface area contributed by atoms with Gasteiger partial charge in [0.15, 0.2) is 0 Å². The van der Waals surface area contributed by atoms with Gasteiger partial charge in [0.25, 0.3) is 0 Å². The van der Waals surface area contributed by atoms with Gasteiger partial charge in [0.2, 0.25) is 10.0 Å². The van der Waals surface area contributed by atoms with Crippen molar-refractivity contribution in [3.63, 3.8) is 0 Å². The zero-order valence-electron chi connectivity index (χ0n) is 11.3. The first kappa shape index (κ1) is 15.7. The lowest BCUT2D eigenvalue weighted by Gasteiger charge is -2.08. The third kappa shape index (κ3) is 4.13. The number of sulfonamides is 1. The number of hydrogen-bond acceptors (Lipinski definition) is 6. The molecule has 2 aromatic rings. The van der Waals surface area contributed by atoms with E-state index in [-0.39, 0.29) is 16.5 Å². The Morgan fingerprint density at radius 1 is 1.38 bits per heavy atom. The van der Waals surface area contributed by atoms with Gasteiger partial charge < -0.3 is 5.32 Å². The van der Waals surface area contributed by atoms with Crippen molar-refractivity contribution in [2.45, 2.75) is 18.2 Å². The number of nitrogens with one attached hydrogen (secondary N) is 3. The van der Waals surface area contributed by atoms with E-state index in [1.165, 1.54) is 18.6 Å². The summed E-state index contributed by atoms with van der Waals surface area (Å²) in [5.41, 5.74) is 0. The van der Waals surface area contributed by atoms with E-state index >= 15 is 0 Å². The molecule has 0 fully saturated rings. The summed E-state index contributed by atoms with van der Waals surface area (Å²) in [7, 11) is -3.65. The smallest absolute Gasteiger partial charge is 0.242 e. The zero-order chi connectivity index (χ0) is 15.3. The van der Waals surface area contributed by atoms with Crippen molar-refractivity contribution in [1.29, 1.82) is 0 Å². The standard InChI is InChI=1S/C11H15ClN6O2S/c1-2-13-11-9(12)5-8(6-14-11)21(19,20)17-4-3-10-15-7-16-18-10/h5-7,17H,2-4H2,1H3,(H,13,14)(H,15,16,18). The molecule has 0 aromatic carbocycles. The number of aromatic amines is 1. The van der Waals surface area contributed by atoms with Gasteiger partial charge in [-0.1, -0.05) is 11.6 Å². The van der Waals surface area contributed by atoms with E-state index < -0.39 is 10.0 Å². The van der Waals surface area contributed by atoms with Crippen molar-refractivity contribution in [2.24, 2.45) is 0 Å². The van der Waals surface area contributed by atoms with E-state index in [0.717, 1.165) is 0 Å². The number of aromatic nitrogens is 4. The van der Waals surface area contributed by atoms with Crippen LogP contribution in [0.5, 0.6) is 0 Å². The second kappa shape index (κ2) is 6.83. The van der Waals surface area contributed by atoms with E-state index in [4.69, 9.17) is 11.6 Å². The highest BCUT2D eigenvalue weighted by Gasteiger charge is 2.16. The first-order valence-corrected chi connectivity index (χ1v) is 8.12. The molecule has 2 rings (SSSR count). The highest BCUT2D eigenvalue weighted by molar-refractivity contribution is 7.89. The van der Waals surface area contributed by atoms with Crippen LogP contribution in [-0.4, -0.2) is 41.7 Å². The average Bonchev–Trinajstić information content (AvgIpc) is 2.94. The number of pyridine rings is 1. The molecule has 3 N–H and O–H groups in total. The normalized spacial score (nSPS) is 11.5. The summed E-state index contributed by atoms with van der Waals surface area (Å²) in [5.74, 6) is 1.07. The SMILES string of the molecule is CCNc1ncc(S(=O)(=O)NCCc2ncn[nH]2)cc1Cl. The number of rotatable bonds is 7. The predicted molar refractivity (Wildman–Crippen MR) is 78.7 cm³/mol. The summed E-state index contributed by atoms with van der Waals surface area (Å²) in [4.78, 5) is 7.93. The molecule has 0 radical (unpaired) electrons. The van der Waals surface area contributed by atoms with Crippen molar-refractivity contribution < 1.29 is 8.42 Å². The van der Waals surface area contributed by atoms with Crippen LogP contribution in [0.25, 0.3) is 0 Å². The van der Waals surface area contributed by atoms with Gasteiger partial charge >= 0.3 is 0 Å². The van der Waals surface area contributed by atoms with E-state index in [0.29, 0.717) is 24.6 Å². The molecule has 0 saturated heterocycles. The van der Waals surface area contributed by atoms with E-state index in [9.17, 15) is 8.42 Å². The lowest BCUT2D eigenvalue weighted by Crippen LogP contribution is -2.26. The van der Waals surface area contributed by atoms with Crippen LogP contribution in [-0.2, 0) is 16.4 Å². The maximum atomic E-state index is 12.1. The summed E-state index contributed by atoms with van der Waals surface area (Å²) in [5, 5.41) is 9.54. The number of nitrogens with zero attached hydrogens (tertiary/aromatic N) is 3. The largest absolute Gasteiger partial charge is 0.369 e. The van der Waals surface area contributed by atoms with Crippen LogP contribution in [0.2, 0.25) is 5.02 Å². The van der Waals surface area contributed by atoms with Crippen molar-refractivity contribution in [1.82, 2.24) is 24.9 Å². The molecule has 0 spiro atoms. The molecular weight excluding hydrogens is 316 g/mol. The van der Waals surface area contributed by atoms with Crippen LogP contribution in [0.4, 0.5) is 5.82 Å². The molecule has 21 heavy (non-hydrogen) atoms. The Kier molecular flexibility index (Phi) is 5.10. The molecule has 0 aliphatic carbocycles. The first-order valence-electron chi connectivity index (χ1n) is 6.26. The summed E-state index contributed by atoms with van der Waals surface area (Å²) in [6, 6.07) is 1.36. The fourth-order valence-corrected chi connectivity index (χ4v) is 2.90. The third-order valence-corrected chi connectivity index (χ3v) is 4.31. The maximum absolute atomic E-state index is 12.1. The highest BCUT2D eigenvalue weighted by atomic mass is 35.5. The molecule has 0 aliphatic rings. The summed E-state index contributed by atoms with van der Waals surface area (Å²) in [6.07, 6.45) is 3.05. The second-order valence-electron chi connectivity index (χ2n) is 4.11. The van der Waals surface area contributed by atoms with Crippen LogP contribution in [0, 0.1) is 0 Å². The van der Waals surface area contributed by atoms with E-state index in [1.54, 1.807) is 0 Å². The Bertz CT molecular complexity index is 689. The van der Waals surface area contributed by atoms with Gasteiger partial charge in [0.05, 0.1) is 5.02 Å². The maximum Gasteiger partial charge on any atom is 0.242 e. The molecule has 10 heteroatoms. The molecule has 8 nitrogen and oxygen atoms in total. The quantitative estimate of drug-likeness (QED) is 0.692. The first-order chi connectivity index (χ1) is 10.0. The van der Waals surface area contributed by atoms with Gasteiger partial charge in [0, 0.05) is 25.7 Å². The topological polar surface area (TPSA) is 113 Å². The lowest BCUT2D eigenvalue weighted by molar-refractivity contribution is 0.580. The van der Waals surface area contributed by atoms with Gasteiger partial charge in [-0.3, -0.25) is 5.10 Å². The van der Waals surface area contributed by atoms with Crippen molar-refractivity contribution in [3.05, 3.63) is 29.4 Å². The van der Waals surface area contributed by atoms with Gasteiger partial charge in [-0.25, -0.2) is 23.1 Å². The number of halogens is 1. The molecule has 0 atom stereocenters. The molecular formula is C11H15ClN6O2S. The van der Waals surface area contributed by atoms with Crippen LogP contribution < -0.4 is 10.0 Å². The second-order valence-corrected chi connectivity index (χ2v) is 6.29. The molecule has 0 unspecified atom stereocenters. The van der Waals surface area contributed by atoms with Crippen molar-refractivity contribution in [3.8, 4) is 0 Å². The Morgan fingerprint density at radius 2 is 2.19 bits per heavy atom. The number of hydrogen-bond donors (Lipinski definition) is 3. The molecule has 114 valence electrons.